The van der Waals surface area contributed by atoms with Gasteiger partial charge in [-0.15, -0.1) is 0 Å². The van der Waals surface area contributed by atoms with Crippen LogP contribution in [0.4, 0.5) is 5.69 Å². The molecular formula is C13H18N2O2. The molecule has 92 valence electrons. The van der Waals surface area contributed by atoms with E-state index in [1.807, 2.05) is 18.2 Å². The van der Waals surface area contributed by atoms with Gasteiger partial charge in [-0.2, -0.15) is 5.26 Å². The van der Waals surface area contributed by atoms with E-state index >= 15 is 0 Å². The zero-order chi connectivity index (χ0) is 12.3. The molecule has 1 aromatic rings. The van der Waals surface area contributed by atoms with Gasteiger partial charge in [0.05, 0.1) is 18.2 Å². The van der Waals surface area contributed by atoms with Crippen molar-refractivity contribution in [2.45, 2.75) is 6.42 Å². The number of rotatable bonds is 8. The summed E-state index contributed by atoms with van der Waals surface area (Å²) in [5.74, 6) is 0. The Bertz CT molecular complexity index is 361. The summed E-state index contributed by atoms with van der Waals surface area (Å²) in [7, 11) is 1.68. The molecule has 0 aliphatic carbocycles. The summed E-state index contributed by atoms with van der Waals surface area (Å²) in [6, 6.07) is 9.51. The van der Waals surface area contributed by atoms with Gasteiger partial charge in [-0.05, 0) is 24.6 Å². The van der Waals surface area contributed by atoms with Crippen LogP contribution in [0.3, 0.4) is 0 Å². The molecule has 1 N–H and O–H groups in total. The van der Waals surface area contributed by atoms with Crippen molar-refractivity contribution in [3.63, 3.8) is 0 Å². The number of hydrogen-bond donors (Lipinski definition) is 1. The van der Waals surface area contributed by atoms with E-state index in [9.17, 15) is 0 Å². The molecule has 0 atom stereocenters. The molecule has 0 amide bonds. The van der Waals surface area contributed by atoms with Crippen molar-refractivity contribution in [3.8, 4) is 6.07 Å². The highest BCUT2D eigenvalue weighted by molar-refractivity contribution is 5.48. The Morgan fingerprint density at radius 1 is 1.29 bits per heavy atom. The van der Waals surface area contributed by atoms with E-state index in [1.165, 1.54) is 0 Å². The van der Waals surface area contributed by atoms with Gasteiger partial charge in [-0.3, -0.25) is 0 Å². The molecule has 0 heterocycles. The molecule has 0 aromatic heterocycles. The number of nitrogens with zero attached hydrogens (tertiary/aromatic N) is 1. The molecule has 1 aromatic carbocycles. The first-order valence-corrected chi connectivity index (χ1v) is 5.67. The van der Waals surface area contributed by atoms with E-state index < -0.39 is 0 Å². The first-order chi connectivity index (χ1) is 8.36. The van der Waals surface area contributed by atoms with Crippen LogP contribution in [0, 0.1) is 11.3 Å². The highest BCUT2D eigenvalue weighted by Crippen LogP contribution is 2.08. The van der Waals surface area contributed by atoms with Crippen LogP contribution >= 0.6 is 0 Å². The standard InChI is InChI=1S/C13H18N2O2/c1-16-7-3-8-17-9-6-15-13-5-2-4-12(10-13)11-14/h2,4-5,10,15H,3,6-9H2,1H3. The van der Waals surface area contributed by atoms with Crippen molar-refractivity contribution in [2.75, 3.05) is 38.8 Å². The van der Waals surface area contributed by atoms with E-state index in [0.29, 0.717) is 18.8 Å². The van der Waals surface area contributed by atoms with E-state index in [2.05, 4.69) is 11.4 Å². The van der Waals surface area contributed by atoms with Gasteiger partial charge in [-0.1, -0.05) is 6.07 Å². The summed E-state index contributed by atoms with van der Waals surface area (Å²) in [5, 5.41) is 11.9. The highest BCUT2D eigenvalue weighted by Gasteiger charge is 1.94. The third-order valence-corrected chi connectivity index (χ3v) is 2.20. The zero-order valence-corrected chi connectivity index (χ0v) is 10.1. The second kappa shape index (κ2) is 8.57. The highest BCUT2D eigenvalue weighted by atomic mass is 16.5. The monoisotopic (exact) mass is 234 g/mol. The molecule has 17 heavy (non-hydrogen) atoms. The number of hydrogen-bond acceptors (Lipinski definition) is 4. The Morgan fingerprint density at radius 2 is 2.18 bits per heavy atom. The maximum atomic E-state index is 8.74. The molecular weight excluding hydrogens is 216 g/mol. The van der Waals surface area contributed by atoms with Crippen molar-refractivity contribution < 1.29 is 9.47 Å². The molecule has 0 saturated carbocycles. The minimum Gasteiger partial charge on any atom is -0.385 e. The van der Waals surface area contributed by atoms with Crippen LogP contribution in [0.15, 0.2) is 24.3 Å². The molecule has 0 aliphatic rings. The van der Waals surface area contributed by atoms with Crippen molar-refractivity contribution in [2.24, 2.45) is 0 Å². The zero-order valence-electron chi connectivity index (χ0n) is 10.1. The Balaban J connectivity index is 2.12. The van der Waals surface area contributed by atoms with E-state index in [1.54, 1.807) is 13.2 Å². The number of nitrogens with one attached hydrogen (secondary N) is 1. The predicted molar refractivity (Wildman–Crippen MR) is 67.0 cm³/mol. The number of methoxy groups -OCH3 is 1. The van der Waals surface area contributed by atoms with Crippen LogP contribution in [0.5, 0.6) is 0 Å². The molecule has 4 nitrogen and oxygen atoms in total. The lowest BCUT2D eigenvalue weighted by Gasteiger charge is -2.07. The van der Waals surface area contributed by atoms with Crippen LogP contribution < -0.4 is 5.32 Å². The van der Waals surface area contributed by atoms with E-state index in [4.69, 9.17) is 14.7 Å². The number of nitriles is 1. The Morgan fingerprint density at radius 3 is 2.94 bits per heavy atom. The smallest absolute Gasteiger partial charge is 0.0992 e. The van der Waals surface area contributed by atoms with Crippen LogP contribution in [0.2, 0.25) is 0 Å². The summed E-state index contributed by atoms with van der Waals surface area (Å²) in [5.41, 5.74) is 1.61. The molecule has 4 heteroatoms. The molecule has 0 saturated heterocycles. The Kier molecular flexibility index (Phi) is 6.80. The van der Waals surface area contributed by atoms with Crippen LogP contribution in [-0.4, -0.2) is 33.5 Å². The van der Waals surface area contributed by atoms with Crippen molar-refractivity contribution in [1.29, 1.82) is 5.26 Å². The second-order valence-corrected chi connectivity index (χ2v) is 3.58. The molecule has 0 aliphatic heterocycles. The summed E-state index contributed by atoms with van der Waals surface area (Å²) < 4.78 is 10.3. The van der Waals surface area contributed by atoms with Crippen molar-refractivity contribution in [1.82, 2.24) is 0 Å². The summed E-state index contributed by atoms with van der Waals surface area (Å²) >= 11 is 0. The lowest BCUT2D eigenvalue weighted by molar-refractivity contribution is 0.109. The SMILES string of the molecule is COCCCOCCNc1cccc(C#N)c1. The summed E-state index contributed by atoms with van der Waals surface area (Å²) in [6.07, 6.45) is 0.917. The van der Waals surface area contributed by atoms with Gasteiger partial charge in [0.2, 0.25) is 0 Å². The number of benzene rings is 1. The summed E-state index contributed by atoms with van der Waals surface area (Å²) in [6.45, 7) is 2.84. The maximum Gasteiger partial charge on any atom is 0.0992 e. The van der Waals surface area contributed by atoms with Gasteiger partial charge in [0, 0.05) is 32.6 Å². The molecule has 0 unspecified atom stereocenters. The minimum absolute atomic E-state index is 0.653. The second-order valence-electron chi connectivity index (χ2n) is 3.58. The fourth-order valence-corrected chi connectivity index (χ4v) is 1.37. The topological polar surface area (TPSA) is 54.3 Å². The number of anilines is 1. The predicted octanol–water partition coefficient (Wildman–Crippen LogP) is 2.02. The van der Waals surface area contributed by atoms with Gasteiger partial charge < -0.3 is 14.8 Å². The third kappa shape index (κ3) is 5.91. The Hall–Kier alpha value is -1.57. The third-order valence-electron chi connectivity index (χ3n) is 2.20. The molecule has 0 fully saturated rings. The maximum absolute atomic E-state index is 8.74. The van der Waals surface area contributed by atoms with Gasteiger partial charge in [0.15, 0.2) is 0 Å². The normalized spacial score (nSPS) is 9.88. The first kappa shape index (κ1) is 13.5. The molecule has 0 spiro atoms. The fraction of sp³-hybridized carbons (Fsp3) is 0.462. The molecule has 0 radical (unpaired) electrons. The van der Waals surface area contributed by atoms with Crippen molar-refractivity contribution in [3.05, 3.63) is 29.8 Å². The van der Waals surface area contributed by atoms with Crippen LogP contribution in [0.25, 0.3) is 0 Å². The van der Waals surface area contributed by atoms with Gasteiger partial charge >= 0.3 is 0 Å². The van der Waals surface area contributed by atoms with E-state index in [-0.39, 0.29) is 0 Å². The van der Waals surface area contributed by atoms with E-state index in [0.717, 1.165) is 25.3 Å². The molecule has 1 rings (SSSR count). The fourth-order valence-electron chi connectivity index (χ4n) is 1.37. The molecule has 0 bridgehead atoms. The first-order valence-electron chi connectivity index (χ1n) is 5.67. The van der Waals surface area contributed by atoms with Gasteiger partial charge in [-0.25, -0.2) is 0 Å². The number of ether oxygens (including phenoxy) is 2. The van der Waals surface area contributed by atoms with Crippen molar-refractivity contribution >= 4 is 5.69 Å². The largest absolute Gasteiger partial charge is 0.385 e. The minimum atomic E-state index is 0.653. The average molecular weight is 234 g/mol. The van der Waals surface area contributed by atoms with Gasteiger partial charge in [0.1, 0.15) is 0 Å². The van der Waals surface area contributed by atoms with Crippen LogP contribution in [0.1, 0.15) is 12.0 Å². The lowest BCUT2D eigenvalue weighted by atomic mass is 10.2. The van der Waals surface area contributed by atoms with Crippen LogP contribution in [-0.2, 0) is 9.47 Å². The Labute approximate surface area is 102 Å². The lowest BCUT2D eigenvalue weighted by Crippen LogP contribution is -2.10. The summed E-state index contributed by atoms with van der Waals surface area (Å²) in [4.78, 5) is 0. The van der Waals surface area contributed by atoms with Gasteiger partial charge in [0.25, 0.3) is 0 Å². The average Bonchev–Trinajstić information content (AvgIpc) is 2.38. The quantitative estimate of drug-likeness (QED) is 0.699.